The van der Waals surface area contributed by atoms with Gasteiger partial charge in [0.15, 0.2) is 5.78 Å². The van der Waals surface area contributed by atoms with Crippen molar-refractivity contribution < 1.29 is 25.2 Å². The van der Waals surface area contributed by atoms with E-state index in [0.29, 0.717) is 19.3 Å². The molecule has 4 aliphatic carbocycles. The molecule has 0 bridgehead atoms. The molecule has 0 saturated heterocycles. The highest BCUT2D eigenvalue weighted by atomic mass is 16.4. The van der Waals surface area contributed by atoms with Crippen LogP contribution in [-0.2, 0) is 4.79 Å². The van der Waals surface area contributed by atoms with Crippen LogP contribution >= 0.6 is 0 Å². The fraction of sp³-hybridized carbons (Fsp3) is 0.857. The topological polar surface area (TPSA) is 98.0 Å². The summed E-state index contributed by atoms with van der Waals surface area (Å²) in [5, 5.41) is 42.3. The van der Waals surface area contributed by atoms with Gasteiger partial charge in [0.1, 0.15) is 6.10 Å². The second-order valence-electron chi connectivity index (χ2n) is 9.74. The van der Waals surface area contributed by atoms with E-state index >= 15 is 0 Å². The summed E-state index contributed by atoms with van der Waals surface area (Å²) < 4.78 is 0. The van der Waals surface area contributed by atoms with Gasteiger partial charge in [-0.2, -0.15) is 0 Å². The Balaban J connectivity index is 1.72. The number of hydrogen-bond donors (Lipinski definition) is 4. The molecule has 3 saturated carbocycles. The summed E-state index contributed by atoms with van der Waals surface area (Å²) in [5.41, 5.74) is -0.898. The average molecular weight is 364 g/mol. The van der Waals surface area contributed by atoms with Crippen LogP contribution in [0.15, 0.2) is 11.6 Å². The van der Waals surface area contributed by atoms with Gasteiger partial charge in [0.2, 0.25) is 0 Å². The Kier molecular flexibility index (Phi) is 4.20. The maximum absolute atomic E-state index is 11.9. The van der Waals surface area contributed by atoms with E-state index in [1.807, 2.05) is 13.0 Å². The Hall–Kier alpha value is -0.750. The van der Waals surface area contributed by atoms with Crippen LogP contribution in [0.4, 0.5) is 0 Å². The normalized spacial score (nSPS) is 51.9. The van der Waals surface area contributed by atoms with Gasteiger partial charge < -0.3 is 20.4 Å². The number of fused-ring (bicyclic) bond motifs is 5. The first-order valence-electron chi connectivity index (χ1n) is 10.1. The Morgan fingerprint density at radius 1 is 1.23 bits per heavy atom. The van der Waals surface area contributed by atoms with Crippen molar-refractivity contribution in [3.63, 3.8) is 0 Å². The number of carbonyl (C=O) groups excluding carboxylic acids is 1. The van der Waals surface area contributed by atoms with Crippen molar-refractivity contribution in [1.29, 1.82) is 0 Å². The second-order valence-corrected chi connectivity index (χ2v) is 9.74. The van der Waals surface area contributed by atoms with Crippen LogP contribution in [0.25, 0.3) is 0 Å². The highest BCUT2D eigenvalue weighted by molar-refractivity contribution is 5.91. The number of aliphatic hydroxyl groups excluding tert-OH is 3. The molecule has 0 aromatic rings. The summed E-state index contributed by atoms with van der Waals surface area (Å²) in [6.45, 7) is 3.73. The molecule has 146 valence electrons. The van der Waals surface area contributed by atoms with Gasteiger partial charge >= 0.3 is 0 Å². The van der Waals surface area contributed by atoms with Crippen molar-refractivity contribution in [2.45, 2.75) is 76.6 Å². The van der Waals surface area contributed by atoms with Gasteiger partial charge in [0.05, 0.1) is 18.3 Å². The average Bonchev–Trinajstić information content (AvgIpc) is 2.86. The van der Waals surface area contributed by atoms with Gasteiger partial charge in [0.25, 0.3) is 0 Å². The van der Waals surface area contributed by atoms with Crippen LogP contribution < -0.4 is 0 Å². The minimum absolute atomic E-state index is 0.0993. The number of ketones is 1. The molecule has 3 fully saturated rings. The first-order valence-corrected chi connectivity index (χ1v) is 10.1. The number of hydrogen-bond acceptors (Lipinski definition) is 5. The lowest BCUT2D eigenvalue weighted by Gasteiger charge is -2.61. The predicted octanol–water partition coefficient (Wildman–Crippen LogP) is 1.57. The van der Waals surface area contributed by atoms with Gasteiger partial charge in [-0.25, -0.2) is 0 Å². The summed E-state index contributed by atoms with van der Waals surface area (Å²) in [6.07, 6.45) is 4.92. The first-order chi connectivity index (χ1) is 12.2. The Morgan fingerprint density at radius 3 is 2.65 bits per heavy atom. The number of carbonyl (C=O) groups is 1. The molecule has 0 amide bonds. The number of allylic oxidation sites excluding steroid dienone is 1. The van der Waals surface area contributed by atoms with E-state index in [2.05, 4.69) is 6.92 Å². The van der Waals surface area contributed by atoms with Crippen LogP contribution in [0, 0.1) is 28.6 Å². The van der Waals surface area contributed by atoms with Crippen molar-refractivity contribution in [3.8, 4) is 0 Å². The second kappa shape index (κ2) is 5.87. The third-order valence-corrected chi connectivity index (χ3v) is 8.84. The lowest BCUT2D eigenvalue weighted by molar-refractivity contribution is -0.207. The molecule has 0 aliphatic heterocycles. The molecule has 5 heteroatoms. The van der Waals surface area contributed by atoms with Crippen molar-refractivity contribution in [2.75, 3.05) is 6.61 Å². The zero-order valence-electron chi connectivity index (χ0n) is 15.8. The lowest BCUT2D eigenvalue weighted by atomic mass is 9.45. The van der Waals surface area contributed by atoms with Crippen molar-refractivity contribution in [2.24, 2.45) is 28.6 Å². The highest BCUT2D eigenvalue weighted by Crippen LogP contribution is 2.67. The monoisotopic (exact) mass is 364 g/mol. The van der Waals surface area contributed by atoms with E-state index in [1.165, 1.54) is 5.57 Å². The first kappa shape index (κ1) is 18.6. The molecule has 0 spiro atoms. The van der Waals surface area contributed by atoms with Crippen LogP contribution in [0.2, 0.25) is 0 Å². The van der Waals surface area contributed by atoms with Gasteiger partial charge in [-0.3, -0.25) is 4.79 Å². The van der Waals surface area contributed by atoms with Gasteiger partial charge in [-0.1, -0.05) is 19.4 Å². The summed E-state index contributed by atoms with van der Waals surface area (Å²) >= 11 is 0. The molecule has 0 heterocycles. The zero-order chi connectivity index (χ0) is 18.9. The Labute approximate surface area is 155 Å². The van der Waals surface area contributed by atoms with Crippen molar-refractivity contribution >= 4 is 5.78 Å². The molecular weight excluding hydrogens is 332 g/mol. The summed E-state index contributed by atoms with van der Waals surface area (Å²) in [4.78, 5) is 11.9. The lowest BCUT2D eigenvalue weighted by Crippen LogP contribution is -2.63. The standard InChI is InChI=1S/C21H32O5/c1-19-7-5-13(23)9-12(19)3-4-14-15-6-8-21(26,17(25)11-22)20(15,2)10-16(24)18(14)19/h9,14-18,22,24-26H,3-8,10-11H2,1-2H3/t14-,15-,16-,17-,18+,19-,20-,21-/m1/s1. The minimum Gasteiger partial charge on any atom is -0.394 e. The minimum atomic E-state index is -1.35. The molecule has 4 aliphatic rings. The van der Waals surface area contributed by atoms with Crippen LogP contribution in [-0.4, -0.2) is 50.6 Å². The zero-order valence-corrected chi connectivity index (χ0v) is 15.8. The molecule has 0 aromatic heterocycles. The third kappa shape index (κ3) is 2.20. The van der Waals surface area contributed by atoms with Gasteiger partial charge in [-0.15, -0.1) is 0 Å². The van der Waals surface area contributed by atoms with Crippen molar-refractivity contribution in [3.05, 3.63) is 11.6 Å². The molecule has 8 atom stereocenters. The SMILES string of the molecule is C[C@@]12CCC(=O)C=C1CC[C@H]1[C@H]2[C@H](O)C[C@]2(C)[C@@H]1CC[C@@]2(O)[C@H](O)CO. The van der Waals surface area contributed by atoms with E-state index in [9.17, 15) is 25.2 Å². The fourth-order valence-electron chi connectivity index (χ4n) is 7.42. The maximum atomic E-state index is 11.9. The van der Waals surface area contributed by atoms with E-state index in [-0.39, 0.29) is 29.0 Å². The van der Waals surface area contributed by atoms with Crippen LogP contribution in [0.3, 0.4) is 0 Å². The molecule has 0 aromatic carbocycles. The molecule has 4 rings (SSSR count). The molecule has 26 heavy (non-hydrogen) atoms. The summed E-state index contributed by atoms with van der Waals surface area (Å²) in [7, 11) is 0. The predicted molar refractivity (Wildman–Crippen MR) is 96.1 cm³/mol. The van der Waals surface area contributed by atoms with Gasteiger partial charge in [-0.05, 0) is 67.8 Å². The summed E-state index contributed by atoms with van der Waals surface area (Å²) in [5.74, 6) is 0.798. The van der Waals surface area contributed by atoms with E-state index in [1.54, 1.807) is 0 Å². The summed E-state index contributed by atoms with van der Waals surface area (Å²) in [6, 6.07) is 0. The molecule has 0 radical (unpaired) electrons. The molecular formula is C21H32O5. The fourth-order valence-corrected chi connectivity index (χ4v) is 7.42. The smallest absolute Gasteiger partial charge is 0.155 e. The van der Waals surface area contributed by atoms with Gasteiger partial charge in [0, 0.05) is 11.8 Å². The van der Waals surface area contributed by atoms with E-state index in [0.717, 1.165) is 25.7 Å². The molecule has 4 N–H and O–H groups in total. The number of aliphatic hydroxyl groups is 4. The Morgan fingerprint density at radius 2 is 1.96 bits per heavy atom. The number of rotatable bonds is 2. The highest BCUT2D eigenvalue weighted by Gasteiger charge is 2.67. The maximum Gasteiger partial charge on any atom is 0.155 e. The molecule has 5 nitrogen and oxygen atoms in total. The molecule has 0 unspecified atom stereocenters. The van der Waals surface area contributed by atoms with E-state index in [4.69, 9.17) is 0 Å². The van der Waals surface area contributed by atoms with Crippen molar-refractivity contribution in [1.82, 2.24) is 0 Å². The van der Waals surface area contributed by atoms with Crippen LogP contribution in [0.5, 0.6) is 0 Å². The Bertz CT molecular complexity index is 644. The quantitative estimate of drug-likeness (QED) is 0.596. The van der Waals surface area contributed by atoms with Crippen LogP contribution in [0.1, 0.15) is 58.8 Å². The van der Waals surface area contributed by atoms with E-state index < -0.39 is 29.8 Å². The third-order valence-electron chi connectivity index (χ3n) is 8.84. The largest absolute Gasteiger partial charge is 0.394 e.